The smallest absolute Gasteiger partial charge is 0.308 e. The van der Waals surface area contributed by atoms with Crippen LogP contribution >= 0.6 is 11.3 Å². The lowest BCUT2D eigenvalue weighted by molar-refractivity contribution is 0.262. The van der Waals surface area contributed by atoms with Gasteiger partial charge < -0.3 is 10.6 Å². The maximum absolute atomic E-state index is 13.6. The van der Waals surface area contributed by atoms with E-state index in [1.165, 1.54) is 29.5 Å². The number of amides is 2. The molecule has 0 unspecified atom stereocenters. The van der Waals surface area contributed by atoms with E-state index in [1.54, 1.807) is 49.4 Å². The van der Waals surface area contributed by atoms with Crippen molar-refractivity contribution in [3.05, 3.63) is 77.6 Å². The molecule has 0 fully saturated rings. The van der Waals surface area contributed by atoms with Gasteiger partial charge in [-0.2, -0.15) is 0 Å². The van der Waals surface area contributed by atoms with Gasteiger partial charge in [0.2, 0.25) is 0 Å². The van der Waals surface area contributed by atoms with Crippen LogP contribution in [-0.2, 0) is 10.0 Å². The van der Waals surface area contributed by atoms with Gasteiger partial charge in [-0.05, 0) is 61.9 Å². The molecule has 0 saturated heterocycles. The van der Waals surface area contributed by atoms with Crippen molar-refractivity contribution in [1.29, 1.82) is 0 Å². The Morgan fingerprint density at radius 3 is 2.28 bits per heavy atom. The number of aromatic nitrogens is 1. The van der Waals surface area contributed by atoms with Crippen LogP contribution in [0.15, 0.2) is 65.6 Å². The molecule has 32 heavy (non-hydrogen) atoms. The number of carbonyl (C=O) groups is 1. The quantitative estimate of drug-likeness (QED) is 0.359. The van der Waals surface area contributed by atoms with E-state index < -0.39 is 21.9 Å². The number of hydrogen-bond acceptors (Lipinski definition) is 5. The second-order valence-electron chi connectivity index (χ2n) is 7.16. The Morgan fingerprint density at radius 2 is 1.59 bits per heavy atom. The van der Waals surface area contributed by atoms with Gasteiger partial charge in [-0.25, -0.2) is 22.6 Å². The van der Waals surface area contributed by atoms with Crippen molar-refractivity contribution < 1.29 is 17.6 Å². The van der Waals surface area contributed by atoms with Crippen LogP contribution in [0.4, 0.5) is 25.7 Å². The number of halogens is 1. The summed E-state index contributed by atoms with van der Waals surface area (Å²) in [7, 11) is -3.76. The third-order valence-corrected chi connectivity index (χ3v) is 7.06. The number of urea groups is 1. The fourth-order valence-electron chi connectivity index (χ4n) is 2.90. The molecule has 10 heteroatoms. The summed E-state index contributed by atoms with van der Waals surface area (Å²) in [5.41, 5.74) is 2.75. The lowest BCUT2D eigenvalue weighted by Gasteiger charge is -2.08. The Bertz CT molecular complexity index is 1420. The lowest BCUT2D eigenvalue weighted by Crippen LogP contribution is -2.19. The molecule has 0 atom stereocenters. The Hall–Kier alpha value is -3.50. The number of nitrogens with one attached hydrogen (secondary N) is 3. The molecule has 1 heterocycles. The highest BCUT2D eigenvalue weighted by atomic mass is 32.2. The first-order valence-electron chi connectivity index (χ1n) is 9.54. The highest BCUT2D eigenvalue weighted by Gasteiger charge is 2.17. The van der Waals surface area contributed by atoms with E-state index in [2.05, 4.69) is 20.3 Å². The van der Waals surface area contributed by atoms with Crippen LogP contribution in [-0.4, -0.2) is 19.4 Å². The summed E-state index contributed by atoms with van der Waals surface area (Å²) < 4.78 is 42.1. The molecule has 1 aromatic heterocycles. The number of rotatable bonds is 5. The second-order valence-corrected chi connectivity index (χ2v) is 9.88. The zero-order chi connectivity index (χ0) is 22.9. The molecule has 0 bridgehead atoms. The first-order valence-corrected chi connectivity index (χ1v) is 11.8. The Morgan fingerprint density at radius 1 is 0.938 bits per heavy atom. The van der Waals surface area contributed by atoms with Gasteiger partial charge in [0.25, 0.3) is 10.0 Å². The van der Waals surface area contributed by atoms with Gasteiger partial charge in [-0.1, -0.05) is 35.1 Å². The number of nitrogens with zero attached hydrogens (tertiary/aromatic N) is 1. The highest BCUT2D eigenvalue weighted by Crippen LogP contribution is 2.29. The summed E-state index contributed by atoms with van der Waals surface area (Å²) in [4.78, 5) is 16.7. The summed E-state index contributed by atoms with van der Waals surface area (Å²) in [6, 6.07) is 15.4. The zero-order valence-corrected chi connectivity index (χ0v) is 18.8. The predicted molar refractivity (Wildman–Crippen MR) is 125 cm³/mol. The van der Waals surface area contributed by atoms with Crippen LogP contribution in [0, 0.1) is 19.7 Å². The summed E-state index contributed by atoms with van der Waals surface area (Å²) in [6.07, 6.45) is 0. The molecule has 4 aromatic rings. The Labute approximate surface area is 188 Å². The fourth-order valence-corrected chi connectivity index (χ4v) is 4.99. The van der Waals surface area contributed by atoms with Gasteiger partial charge >= 0.3 is 6.03 Å². The molecule has 4 rings (SSSR count). The van der Waals surface area contributed by atoms with Gasteiger partial charge in [0.15, 0.2) is 5.13 Å². The van der Waals surface area contributed by atoms with E-state index in [0.29, 0.717) is 22.5 Å². The monoisotopic (exact) mass is 470 g/mol. The van der Waals surface area contributed by atoms with E-state index in [1.807, 2.05) is 6.92 Å². The number of anilines is 3. The zero-order valence-electron chi connectivity index (χ0n) is 17.1. The van der Waals surface area contributed by atoms with Gasteiger partial charge in [-0.15, -0.1) is 0 Å². The van der Waals surface area contributed by atoms with E-state index in [-0.39, 0.29) is 10.0 Å². The van der Waals surface area contributed by atoms with Crippen LogP contribution in [0.1, 0.15) is 11.1 Å². The molecule has 0 aliphatic rings. The molecular weight excluding hydrogens is 451 g/mol. The largest absolute Gasteiger partial charge is 0.323 e. The Balaban J connectivity index is 1.48. The van der Waals surface area contributed by atoms with Crippen LogP contribution in [0.3, 0.4) is 0 Å². The van der Waals surface area contributed by atoms with Crippen molar-refractivity contribution in [3.63, 3.8) is 0 Å². The molecule has 0 spiro atoms. The lowest BCUT2D eigenvalue weighted by atomic mass is 10.2. The topological polar surface area (TPSA) is 100 Å². The fraction of sp³-hybridized carbons (Fsp3) is 0.0909. The average molecular weight is 471 g/mol. The summed E-state index contributed by atoms with van der Waals surface area (Å²) in [5, 5.41) is 5.44. The maximum atomic E-state index is 13.6. The summed E-state index contributed by atoms with van der Waals surface area (Å²) in [6.45, 7) is 3.51. The van der Waals surface area contributed by atoms with Crippen molar-refractivity contribution in [2.75, 3.05) is 15.4 Å². The molecule has 0 aliphatic carbocycles. The molecule has 3 N–H and O–H groups in total. The number of aryl methyl sites for hydroxylation is 2. The maximum Gasteiger partial charge on any atom is 0.323 e. The Kier molecular flexibility index (Phi) is 5.81. The standard InChI is InChI=1S/C22H19FN4O3S2/c1-13-3-8-17(9-4-13)32(29,30)27-22-26-19-12-16(7-10-20(19)31-22)25-21(28)24-15-6-5-14(2)18(23)11-15/h3-12H,1-2H3,(H,26,27)(H2,24,25,28). The predicted octanol–water partition coefficient (Wildman–Crippen LogP) is 5.50. The van der Waals surface area contributed by atoms with Gasteiger partial charge in [-0.3, -0.25) is 4.72 Å². The third kappa shape index (κ3) is 4.87. The number of benzene rings is 3. The molecule has 0 radical (unpaired) electrons. The number of thiazole rings is 1. The normalized spacial score (nSPS) is 11.3. The van der Waals surface area contributed by atoms with Crippen molar-refractivity contribution in [2.45, 2.75) is 18.7 Å². The number of carbonyl (C=O) groups excluding carboxylic acids is 1. The molecule has 0 aliphatic heterocycles. The first kappa shape index (κ1) is 21.7. The first-order chi connectivity index (χ1) is 15.2. The molecule has 164 valence electrons. The van der Waals surface area contributed by atoms with Crippen LogP contribution < -0.4 is 15.4 Å². The molecule has 0 saturated carbocycles. The van der Waals surface area contributed by atoms with E-state index in [0.717, 1.165) is 10.3 Å². The van der Waals surface area contributed by atoms with Gasteiger partial charge in [0, 0.05) is 11.4 Å². The summed E-state index contributed by atoms with van der Waals surface area (Å²) >= 11 is 1.18. The van der Waals surface area contributed by atoms with Crippen LogP contribution in [0.25, 0.3) is 10.2 Å². The average Bonchev–Trinajstić information content (AvgIpc) is 3.11. The van der Waals surface area contributed by atoms with Crippen molar-refractivity contribution >= 4 is 54.1 Å². The minimum absolute atomic E-state index is 0.147. The molecule has 3 aromatic carbocycles. The number of sulfonamides is 1. The number of hydrogen-bond donors (Lipinski definition) is 3. The van der Waals surface area contributed by atoms with Gasteiger partial charge in [0.05, 0.1) is 15.1 Å². The van der Waals surface area contributed by atoms with E-state index in [4.69, 9.17) is 0 Å². The van der Waals surface area contributed by atoms with E-state index >= 15 is 0 Å². The molecule has 7 nitrogen and oxygen atoms in total. The minimum Gasteiger partial charge on any atom is -0.308 e. The van der Waals surface area contributed by atoms with Gasteiger partial charge in [0.1, 0.15) is 5.82 Å². The van der Waals surface area contributed by atoms with E-state index in [9.17, 15) is 17.6 Å². The minimum atomic E-state index is -3.76. The highest BCUT2D eigenvalue weighted by molar-refractivity contribution is 7.93. The molecule has 2 amide bonds. The second kappa shape index (κ2) is 8.56. The van der Waals surface area contributed by atoms with Crippen molar-refractivity contribution in [1.82, 2.24) is 4.98 Å². The molecular formula is C22H19FN4O3S2. The third-order valence-electron chi connectivity index (χ3n) is 4.63. The van der Waals surface area contributed by atoms with Crippen LogP contribution in [0.2, 0.25) is 0 Å². The van der Waals surface area contributed by atoms with Crippen molar-refractivity contribution in [2.24, 2.45) is 0 Å². The summed E-state index contributed by atoms with van der Waals surface area (Å²) in [5.74, 6) is -0.410. The van der Waals surface area contributed by atoms with Crippen molar-refractivity contribution in [3.8, 4) is 0 Å². The number of fused-ring (bicyclic) bond motifs is 1. The van der Waals surface area contributed by atoms with Crippen LogP contribution in [0.5, 0.6) is 0 Å². The SMILES string of the molecule is Cc1ccc(S(=O)(=O)Nc2nc3cc(NC(=O)Nc4ccc(C)c(F)c4)ccc3s2)cc1.